The third-order valence-electron chi connectivity index (χ3n) is 1.73. The Bertz CT molecular complexity index is 359. The van der Waals surface area contributed by atoms with Crippen LogP contribution in [0.3, 0.4) is 0 Å². The summed E-state index contributed by atoms with van der Waals surface area (Å²) in [6.45, 7) is 0.343. The molecule has 18 heavy (non-hydrogen) atoms. The molecule has 0 fully saturated rings. The molecule has 0 aromatic rings. The number of aliphatic hydroxyl groups excluding tert-OH is 1. The molecule has 106 valence electrons. The standard InChI is InChI=1S/C7H15N2O8P/c1-3(10)5(9)7(13)17-18(14,15)16-2-4(8)6(11)12/h3-5,10H,2,8-9H2,1H3,(H,11,12)(H,14,15)/t3-,4+,5+/m1/s1. The van der Waals surface area contributed by atoms with Gasteiger partial charge < -0.3 is 26.2 Å². The second-order valence-electron chi connectivity index (χ2n) is 3.39. The fourth-order valence-electron chi connectivity index (χ4n) is 0.644. The van der Waals surface area contributed by atoms with Crippen LogP contribution in [-0.4, -0.2) is 51.8 Å². The van der Waals surface area contributed by atoms with Crippen molar-refractivity contribution < 1.29 is 38.3 Å². The maximum absolute atomic E-state index is 11.2. The molecule has 11 heteroatoms. The average molecular weight is 286 g/mol. The molecule has 0 aliphatic heterocycles. The molecule has 4 atom stereocenters. The Morgan fingerprint density at radius 1 is 1.39 bits per heavy atom. The molecular weight excluding hydrogens is 271 g/mol. The summed E-state index contributed by atoms with van der Waals surface area (Å²) in [5, 5.41) is 17.3. The highest BCUT2D eigenvalue weighted by Crippen LogP contribution is 2.43. The van der Waals surface area contributed by atoms with Crippen molar-refractivity contribution in [3.05, 3.63) is 0 Å². The Morgan fingerprint density at radius 3 is 2.28 bits per heavy atom. The van der Waals surface area contributed by atoms with Gasteiger partial charge in [-0.3, -0.25) is 14.2 Å². The number of carbonyl (C=O) groups excluding carboxylic acids is 1. The zero-order chi connectivity index (χ0) is 14.5. The number of phosphoric acid groups is 1. The number of phosphoric ester groups is 1. The predicted molar refractivity (Wildman–Crippen MR) is 57.1 cm³/mol. The third-order valence-corrected chi connectivity index (χ3v) is 2.62. The molecule has 0 saturated carbocycles. The average Bonchev–Trinajstić information content (AvgIpc) is 2.23. The number of hydrogen-bond acceptors (Lipinski definition) is 8. The number of carboxylic acid groups (broad SMARTS) is 1. The van der Waals surface area contributed by atoms with E-state index >= 15 is 0 Å². The smallest absolute Gasteiger partial charge is 0.480 e. The van der Waals surface area contributed by atoms with Crippen LogP contribution in [0.4, 0.5) is 0 Å². The number of rotatable bonds is 7. The predicted octanol–water partition coefficient (Wildman–Crippen LogP) is -2.23. The monoisotopic (exact) mass is 286 g/mol. The van der Waals surface area contributed by atoms with Gasteiger partial charge in [0.05, 0.1) is 12.7 Å². The minimum atomic E-state index is -4.82. The number of aliphatic carboxylic acids is 1. The molecule has 0 aromatic heterocycles. The molecule has 0 bridgehead atoms. The highest BCUT2D eigenvalue weighted by atomic mass is 31.2. The Balaban J connectivity index is 4.36. The Labute approximate surface area is 102 Å². The van der Waals surface area contributed by atoms with Crippen molar-refractivity contribution in [1.82, 2.24) is 0 Å². The number of nitrogens with two attached hydrogens (primary N) is 2. The molecule has 0 aromatic carbocycles. The first kappa shape index (κ1) is 17.0. The van der Waals surface area contributed by atoms with E-state index in [9.17, 15) is 14.2 Å². The normalized spacial score (nSPS) is 19.4. The largest absolute Gasteiger partial charge is 0.529 e. The van der Waals surface area contributed by atoms with E-state index in [0.717, 1.165) is 0 Å². The lowest BCUT2D eigenvalue weighted by Gasteiger charge is -2.17. The van der Waals surface area contributed by atoms with Gasteiger partial charge in [-0.15, -0.1) is 0 Å². The molecule has 10 nitrogen and oxygen atoms in total. The number of aliphatic hydroxyl groups is 1. The summed E-state index contributed by atoms with van der Waals surface area (Å²) in [4.78, 5) is 30.5. The Kier molecular flexibility index (Phi) is 6.39. The van der Waals surface area contributed by atoms with Gasteiger partial charge in [0.2, 0.25) is 0 Å². The minimum Gasteiger partial charge on any atom is -0.480 e. The molecule has 7 N–H and O–H groups in total. The Morgan fingerprint density at radius 2 is 1.89 bits per heavy atom. The van der Waals surface area contributed by atoms with E-state index < -0.39 is 44.6 Å². The lowest BCUT2D eigenvalue weighted by molar-refractivity contribution is -0.140. The lowest BCUT2D eigenvalue weighted by atomic mass is 10.2. The molecule has 0 amide bonds. The van der Waals surface area contributed by atoms with Crippen molar-refractivity contribution in [2.24, 2.45) is 11.5 Å². The van der Waals surface area contributed by atoms with Crippen LogP contribution in [0.2, 0.25) is 0 Å². The summed E-state index contributed by atoms with van der Waals surface area (Å²) in [6, 6.07) is -3.07. The van der Waals surface area contributed by atoms with E-state index in [1.165, 1.54) is 6.92 Å². The van der Waals surface area contributed by atoms with E-state index in [2.05, 4.69) is 9.05 Å². The van der Waals surface area contributed by atoms with Crippen molar-refractivity contribution in [1.29, 1.82) is 0 Å². The summed E-state index contributed by atoms with van der Waals surface area (Å²) in [7, 11) is -4.82. The van der Waals surface area contributed by atoms with Gasteiger partial charge >= 0.3 is 19.8 Å². The van der Waals surface area contributed by atoms with E-state index in [4.69, 9.17) is 26.6 Å². The van der Waals surface area contributed by atoms with Crippen LogP contribution in [-0.2, 0) is 23.2 Å². The van der Waals surface area contributed by atoms with Crippen LogP contribution >= 0.6 is 7.82 Å². The van der Waals surface area contributed by atoms with Gasteiger partial charge in [-0.05, 0) is 6.92 Å². The van der Waals surface area contributed by atoms with Crippen LogP contribution in [0.15, 0.2) is 0 Å². The van der Waals surface area contributed by atoms with Gasteiger partial charge in [0.25, 0.3) is 0 Å². The van der Waals surface area contributed by atoms with Crippen molar-refractivity contribution in [2.45, 2.75) is 25.1 Å². The van der Waals surface area contributed by atoms with Crippen LogP contribution < -0.4 is 11.5 Å². The van der Waals surface area contributed by atoms with Gasteiger partial charge in [0.1, 0.15) is 12.1 Å². The topological polar surface area (TPSA) is 182 Å². The second kappa shape index (κ2) is 6.78. The highest BCUT2D eigenvalue weighted by molar-refractivity contribution is 7.48. The van der Waals surface area contributed by atoms with E-state index in [0.29, 0.717) is 0 Å². The van der Waals surface area contributed by atoms with Gasteiger partial charge in [-0.25, -0.2) is 9.36 Å². The van der Waals surface area contributed by atoms with Crippen molar-refractivity contribution >= 4 is 19.8 Å². The first-order valence-electron chi connectivity index (χ1n) is 4.69. The molecule has 1 unspecified atom stereocenters. The molecule has 0 radical (unpaired) electrons. The number of carbonyl (C=O) groups is 2. The van der Waals surface area contributed by atoms with Gasteiger partial charge in [-0.2, -0.15) is 0 Å². The molecule has 0 saturated heterocycles. The zero-order valence-corrected chi connectivity index (χ0v) is 10.3. The summed E-state index contributed by atoms with van der Waals surface area (Å²) < 4.78 is 19.4. The number of carboxylic acids is 1. The van der Waals surface area contributed by atoms with Crippen molar-refractivity contribution in [3.8, 4) is 0 Å². The van der Waals surface area contributed by atoms with Gasteiger partial charge in [0.15, 0.2) is 0 Å². The van der Waals surface area contributed by atoms with E-state index in [-0.39, 0.29) is 0 Å². The summed E-state index contributed by atoms with van der Waals surface area (Å²) >= 11 is 0. The first-order chi connectivity index (χ1) is 8.07. The van der Waals surface area contributed by atoms with Crippen LogP contribution in [0, 0.1) is 0 Å². The molecule has 0 aliphatic rings. The zero-order valence-electron chi connectivity index (χ0n) is 9.42. The molecule has 0 heterocycles. The summed E-state index contributed by atoms with van der Waals surface area (Å²) in [6.07, 6.45) is -1.29. The molecular formula is C7H15N2O8P. The van der Waals surface area contributed by atoms with Crippen LogP contribution in [0.5, 0.6) is 0 Å². The fourth-order valence-corrected chi connectivity index (χ4v) is 1.39. The SMILES string of the molecule is C[C@@H](O)[C@H](N)C(=O)OP(=O)(O)OC[C@H](N)C(=O)O. The number of hydrogen-bond donors (Lipinski definition) is 5. The molecule has 0 rings (SSSR count). The highest BCUT2D eigenvalue weighted by Gasteiger charge is 2.32. The second-order valence-corrected chi connectivity index (χ2v) is 4.76. The summed E-state index contributed by atoms with van der Waals surface area (Å²) in [5.41, 5.74) is 10.1. The van der Waals surface area contributed by atoms with Gasteiger partial charge in [0, 0.05) is 0 Å². The molecule has 0 aliphatic carbocycles. The van der Waals surface area contributed by atoms with Crippen molar-refractivity contribution in [2.75, 3.05) is 6.61 Å². The molecule has 0 spiro atoms. The first-order valence-corrected chi connectivity index (χ1v) is 6.19. The van der Waals surface area contributed by atoms with Gasteiger partial charge in [-0.1, -0.05) is 0 Å². The minimum absolute atomic E-state index is 0.833. The van der Waals surface area contributed by atoms with Crippen LogP contribution in [0.1, 0.15) is 6.92 Å². The Hall–Kier alpha value is -1.03. The van der Waals surface area contributed by atoms with Crippen LogP contribution in [0.25, 0.3) is 0 Å². The lowest BCUT2D eigenvalue weighted by Crippen LogP contribution is -2.41. The van der Waals surface area contributed by atoms with Crippen molar-refractivity contribution in [3.63, 3.8) is 0 Å². The quantitative estimate of drug-likeness (QED) is 0.321. The third kappa shape index (κ3) is 6.05. The maximum Gasteiger partial charge on any atom is 0.529 e. The fraction of sp³-hybridized carbons (Fsp3) is 0.714. The maximum atomic E-state index is 11.2. The van der Waals surface area contributed by atoms with E-state index in [1.54, 1.807) is 0 Å². The summed E-state index contributed by atoms with van der Waals surface area (Å²) in [5.74, 6) is -2.82. The van der Waals surface area contributed by atoms with E-state index in [1.807, 2.05) is 0 Å².